The summed E-state index contributed by atoms with van der Waals surface area (Å²) in [5.41, 5.74) is 12.3. The number of aromatic nitrogens is 10. The molecule has 59 heavy (non-hydrogen) atoms. The van der Waals surface area contributed by atoms with E-state index in [-0.39, 0.29) is 18.2 Å². The summed E-state index contributed by atoms with van der Waals surface area (Å²) in [6, 6.07) is 20.7. The predicted molar refractivity (Wildman–Crippen MR) is 209 cm³/mol. The number of hydrogen-bond acceptors (Lipinski definition) is 14. The van der Waals surface area contributed by atoms with E-state index in [0.29, 0.717) is 51.1 Å². The lowest BCUT2D eigenvalue weighted by molar-refractivity contribution is -0.149. The maximum atomic E-state index is 14.0. The number of nitrogens with one attached hydrogen (secondary N) is 4. The minimum absolute atomic E-state index is 0.0866. The maximum absolute atomic E-state index is 14.0. The summed E-state index contributed by atoms with van der Waals surface area (Å²) in [6.45, 7) is 4.78. The summed E-state index contributed by atoms with van der Waals surface area (Å²) in [4.78, 5) is 37.0. The van der Waals surface area contributed by atoms with Gasteiger partial charge in [-0.15, -0.1) is 15.3 Å². The van der Waals surface area contributed by atoms with E-state index in [1.165, 1.54) is 60.2 Å². The number of rotatable bonds is 14. The third-order valence-corrected chi connectivity index (χ3v) is 8.94. The Hall–Kier alpha value is -7.74. The van der Waals surface area contributed by atoms with Gasteiger partial charge in [-0.1, -0.05) is 24.3 Å². The smallest absolute Gasteiger partial charge is 0.328 e. The number of halogens is 2. The van der Waals surface area contributed by atoms with Gasteiger partial charge in [0.25, 0.3) is 0 Å². The maximum Gasteiger partial charge on any atom is 0.328 e. The highest BCUT2D eigenvalue weighted by Crippen LogP contribution is 2.30. The highest BCUT2D eigenvalue weighted by atomic mass is 19.1. The molecule has 0 saturated carbocycles. The van der Waals surface area contributed by atoms with Crippen molar-refractivity contribution in [1.29, 1.82) is 0 Å². The first-order chi connectivity index (χ1) is 28.5. The second kappa shape index (κ2) is 16.0. The molecular formula is C39H36F2N14O4. The molecule has 0 saturated heterocycles. The highest BCUT2D eigenvalue weighted by molar-refractivity contribution is 5.76. The van der Waals surface area contributed by atoms with Crippen molar-refractivity contribution in [2.24, 2.45) is 5.73 Å². The van der Waals surface area contributed by atoms with E-state index in [4.69, 9.17) is 20.2 Å². The van der Waals surface area contributed by atoms with Crippen LogP contribution in [0.1, 0.15) is 53.3 Å². The quantitative estimate of drug-likeness (QED) is 0.0921. The molecular weight excluding hydrogens is 767 g/mol. The molecule has 6 N–H and O–H groups in total. The Balaban J connectivity index is 1.02. The first-order valence-corrected chi connectivity index (χ1v) is 18.2. The lowest BCUT2D eigenvalue weighted by atomic mass is 10.1. The van der Waals surface area contributed by atoms with Gasteiger partial charge in [0, 0.05) is 41.3 Å². The van der Waals surface area contributed by atoms with E-state index >= 15 is 0 Å². The minimum Gasteiger partial charge on any atom is -0.448 e. The number of anilines is 4. The zero-order chi connectivity index (χ0) is 41.2. The number of H-pyrrole nitrogens is 1. The number of nitrogens with two attached hydrogens (primary N) is 1. The molecule has 6 aromatic heterocycles. The van der Waals surface area contributed by atoms with Crippen LogP contribution in [0.25, 0.3) is 11.0 Å². The molecule has 3 unspecified atom stereocenters. The average molecular weight is 803 g/mol. The van der Waals surface area contributed by atoms with Crippen molar-refractivity contribution in [3.63, 3.8) is 0 Å². The van der Waals surface area contributed by atoms with Gasteiger partial charge in [-0.25, -0.2) is 27.8 Å². The topological polar surface area (TPSA) is 222 Å². The van der Waals surface area contributed by atoms with E-state index in [9.17, 15) is 18.4 Å². The Kier molecular flexibility index (Phi) is 10.4. The molecule has 8 aromatic rings. The second-order valence-electron chi connectivity index (χ2n) is 13.5. The van der Waals surface area contributed by atoms with Crippen LogP contribution in [0.5, 0.6) is 0 Å². The molecule has 6 heterocycles. The van der Waals surface area contributed by atoms with Crippen LogP contribution in [0.4, 0.5) is 32.1 Å². The number of carbonyl (C=O) groups excluding carboxylic acids is 2. The summed E-state index contributed by atoms with van der Waals surface area (Å²) in [7, 11) is 0. The van der Waals surface area contributed by atoms with Crippen molar-refractivity contribution in [2.45, 2.75) is 39.0 Å². The number of fused-ring (bicyclic) bond motifs is 2. The third-order valence-electron chi connectivity index (χ3n) is 8.94. The highest BCUT2D eigenvalue weighted by Gasteiger charge is 2.27. The SMILES string of the molecule is Cc1cc(Nc2nc(C(OC(=O)CNn3nc(Nc4nc(C(OC(=O)C(C)N)c5ccc(F)cc5)nn5cccc45)cc3C)c3ccc(F)cc3)nn3cccc23)n[nH]1. The normalized spacial score (nSPS) is 12.9. The number of esters is 2. The van der Waals surface area contributed by atoms with Gasteiger partial charge >= 0.3 is 11.9 Å². The molecule has 0 amide bonds. The molecule has 8 rings (SSSR count). The van der Waals surface area contributed by atoms with Crippen LogP contribution in [0, 0.1) is 25.5 Å². The minimum atomic E-state index is -1.13. The van der Waals surface area contributed by atoms with Crippen molar-refractivity contribution < 1.29 is 27.8 Å². The van der Waals surface area contributed by atoms with E-state index < -0.39 is 41.8 Å². The summed E-state index contributed by atoms with van der Waals surface area (Å²) < 4.78 is 42.7. The van der Waals surface area contributed by atoms with Gasteiger partial charge in [0.05, 0.1) is 5.69 Å². The van der Waals surface area contributed by atoms with E-state index in [1.807, 2.05) is 19.1 Å². The van der Waals surface area contributed by atoms with Gasteiger partial charge in [-0.05, 0) is 69.3 Å². The van der Waals surface area contributed by atoms with E-state index in [2.05, 4.69) is 46.5 Å². The van der Waals surface area contributed by atoms with E-state index in [0.717, 1.165) is 5.69 Å². The van der Waals surface area contributed by atoms with Crippen LogP contribution < -0.4 is 21.8 Å². The first kappa shape index (κ1) is 38.1. The fourth-order valence-corrected chi connectivity index (χ4v) is 6.08. The molecule has 0 aliphatic carbocycles. The Morgan fingerprint density at radius 3 is 1.83 bits per heavy atom. The summed E-state index contributed by atoms with van der Waals surface area (Å²) in [5, 5.41) is 27.2. The lowest BCUT2D eigenvalue weighted by Crippen LogP contribution is -2.31. The van der Waals surface area contributed by atoms with Crippen LogP contribution in [-0.2, 0) is 19.1 Å². The molecule has 18 nitrogen and oxygen atoms in total. The van der Waals surface area contributed by atoms with Crippen molar-refractivity contribution in [2.75, 3.05) is 22.6 Å². The van der Waals surface area contributed by atoms with Gasteiger partial charge in [0.2, 0.25) is 0 Å². The largest absolute Gasteiger partial charge is 0.448 e. The lowest BCUT2D eigenvalue weighted by Gasteiger charge is -2.19. The molecule has 0 fully saturated rings. The number of hydrogen-bond donors (Lipinski definition) is 5. The molecule has 3 atom stereocenters. The molecule has 0 bridgehead atoms. The van der Waals surface area contributed by atoms with Crippen LogP contribution >= 0.6 is 0 Å². The first-order valence-electron chi connectivity index (χ1n) is 18.2. The second-order valence-corrected chi connectivity index (χ2v) is 13.5. The van der Waals surface area contributed by atoms with Crippen LogP contribution in [0.3, 0.4) is 0 Å². The van der Waals surface area contributed by atoms with Crippen molar-refractivity contribution in [1.82, 2.24) is 49.3 Å². The summed E-state index contributed by atoms with van der Waals surface area (Å²) >= 11 is 0. The molecule has 0 aliphatic rings. The molecule has 20 heteroatoms. The van der Waals surface area contributed by atoms with E-state index in [1.54, 1.807) is 52.6 Å². The van der Waals surface area contributed by atoms with Crippen LogP contribution in [0.2, 0.25) is 0 Å². The molecule has 0 aliphatic heterocycles. The number of benzene rings is 2. The Bertz CT molecular complexity index is 2780. The van der Waals surface area contributed by atoms with Gasteiger partial charge in [-0.3, -0.25) is 20.1 Å². The predicted octanol–water partition coefficient (Wildman–Crippen LogP) is 4.93. The number of aromatic amines is 1. The monoisotopic (exact) mass is 802 g/mol. The molecule has 2 aromatic carbocycles. The zero-order valence-electron chi connectivity index (χ0n) is 31.7. The Morgan fingerprint density at radius 1 is 0.763 bits per heavy atom. The number of aryl methyl sites for hydroxylation is 2. The number of ether oxygens (including phenoxy) is 2. The van der Waals surface area contributed by atoms with Crippen molar-refractivity contribution in [3.05, 3.63) is 143 Å². The van der Waals surface area contributed by atoms with Crippen molar-refractivity contribution in [3.8, 4) is 0 Å². The fraction of sp³-hybridized carbons (Fsp3) is 0.179. The molecule has 0 spiro atoms. The van der Waals surface area contributed by atoms with Gasteiger partial charge in [0.1, 0.15) is 35.3 Å². The van der Waals surface area contributed by atoms with Crippen LogP contribution in [-0.4, -0.2) is 73.8 Å². The number of carbonyl (C=O) groups is 2. The Morgan fingerprint density at radius 2 is 1.31 bits per heavy atom. The van der Waals surface area contributed by atoms with Gasteiger partial charge < -0.3 is 25.8 Å². The summed E-state index contributed by atoms with van der Waals surface area (Å²) in [5.74, 6) is -0.543. The number of nitrogens with zero attached hydrogens (tertiary/aromatic N) is 9. The molecule has 300 valence electrons. The summed E-state index contributed by atoms with van der Waals surface area (Å²) in [6.07, 6.45) is 1.17. The standard InChI is InChI=1S/C39H36F2N14O4/c1-21-18-30(49-48-21)44-35-28-6-4-16-53(28)51-37(46-35)33(24-8-12-26(40)13-9-24)58-32(56)20-43-55-22(2)19-31(50-55)45-36-29-7-5-17-54(29)52-38(47-36)34(59-39(57)23(3)42)25-10-14-27(41)15-11-25/h4-19,23,33-34,43H,20,42H2,1-3H3,(H,45,47,50,52)(H2,44,46,48,49,51). The Labute approximate surface area is 333 Å². The van der Waals surface area contributed by atoms with Gasteiger partial charge in [0.15, 0.2) is 47.1 Å². The molecule has 0 radical (unpaired) electrons. The van der Waals surface area contributed by atoms with Gasteiger partial charge in [-0.2, -0.15) is 9.89 Å². The fourth-order valence-electron chi connectivity index (χ4n) is 6.08. The average Bonchev–Trinajstić information content (AvgIpc) is 4.04. The van der Waals surface area contributed by atoms with Crippen LogP contribution in [0.15, 0.2) is 97.3 Å². The third kappa shape index (κ3) is 8.37. The van der Waals surface area contributed by atoms with Crippen molar-refractivity contribution >= 4 is 46.2 Å². The zero-order valence-corrected chi connectivity index (χ0v) is 31.7.